The Hall–Kier alpha value is -2.23. The third kappa shape index (κ3) is 2.30. The molecule has 0 spiro atoms. The van der Waals surface area contributed by atoms with Crippen LogP contribution < -0.4 is 0 Å². The van der Waals surface area contributed by atoms with Crippen LogP contribution >= 0.6 is 0 Å². The highest BCUT2D eigenvalue weighted by Crippen LogP contribution is 2.21. The molecule has 17 heavy (non-hydrogen) atoms. The number of hydrogen-bond acceptors (Lipinski definition) is 2. The molecule has 0 fully saturated rings. The van der Waals surface area contributed by atoms with E-state index in [0.29, 0.717) is 11.3 Å². The van der Waals surface area contributed by atoms with Crippen molar-refractivity contribution in [2.24, 2.45) is 0 Å². The molecule has 0 aliphatic rings. The van der Waals surface area contributed by atoms with E-state index in [1.54, 1.807) is 19.1 Å². The van der Waals surface area contributed by atoms with E-state index in [4.69, 9.17) is 5.11 Å². The van der Waals surface area contributed by atoms with E-state index in [9.17, 15) is 9.18 Å². The van der Waals surface area contributed by atoms with Crippen molar-refractivity contribution in [2.75, 3.05) is 0 Å². The molecule has 0 unspecified atom stereocenters. The summed E-state index contributed by atoms with van der Waals surface area (Å²) >= 11 is 0. The van der Waals surface area contributed by atoms with Crippen LogP contribution in [0.4, 0.5) is 4.39 Å². The molecule has 0 radical (unpaired) electrons. The van der Waals surface area contributed by atoms with E-state index in [1.807, 2.05) is 0 Å². The van der Waals surface area contributed by atoms with Gasteiger partial charge in [0.1, 0.15) is 5.82 Å². The Balaban J connectivity index is 2.43. The lowest BCUT2D eigenvalue weighted by Crippen LogP contribution is -1.97. The predicted octanol–water partition coefficient (Wildman–Crippen LogP) is 2.89. The molecule has 1 aromatic heterocycles. The molecule has 2 rings (SSSR count). The first-order valence-corrected chi connectivity index (χ1v) is 5.04. The number of aromatic nitrogens is 1. The molecule has 0 amide bonds. The van der Waals surface area contributed by atoms with Crippen LogP contribution in [-0.2, 0) is 0 Å². The van der Waals surface area contributed by atoms with Gasteiger partial charge in [-0.15, -0.1) is 0 Å². The Labute approximate surface area is 97.6 Å². The molecule has 3 nitrogen and oxygen atoms in total. The zero-order valence-corrected chi connectivity index (χ0v) is 9.14. The van der Waals surface area contributed by atoms with E-state index in [2.05, 4.69) is 4.98 Å². The molecule has 0 aliphatic carbocycles. The number of aryl methyl sites for hydroxylation is 1. The number of rotatable bonds is 2. The van der Waals surface area contributed by atoms with Crippen LogP contribution in [-0.4, -0.2) is 16.1 Å². The van der Waals surface area contributed by atoms with Crippen LogP contribution in [0.15, 0.2) is 36.5 Å². The number of aromatic carboxylic acids is 1. The minimum Gasteiger partial charge on any atom is -0.478 e. The van der Waals surface area contributed by atoms with Gasteiger partial charge in [0.25, 0.3) is 0 Å². The molecule has 0 saturated carbocycles. The van der Waals surface area contributed by atoms with Crippen molar-refractivity contribution in [3.8, 4) is 11.3 Å². The van der Waals surface area contributed by atoms with Gasteiger partial charge in [-0.25, -0.2) is 9.18 Å². The van der Waals surface area contributed by atoms with E-state index in [-0.39, 0.29) is 11.4 Å². The summed E-state index contributed by atoms with van der Waals surface area (Å²) in [6, 6.07) is 7.74. The first-order chi connectivity index (χ1) is 8.08. The monoisotopic (exact) mass is 231 g/mol. The highest BCUT2D eigenvalue weighted by molar-refractivity contribution is 5.87. The Morgan fingerprint density at radius 2 is 2.06 bits per heavy atom. The summed E-state index contributed by atoms with van der Waals surface area (Å²) in [5.41, 5.74) is 1.70. The van der Waals surface area contributed by atoms with Gasteiger partial charge in [-0.05, 0) is 36.8 Å². The number of pyridine rings is 1. The Kier molecular flexibility index (Phi) is 2.87. The lowest BCUT2D eigenvalue weighted by Gasteiger charge is -2.03. The van der Waals surface area contributed by atoms with Crippen molar-refractivity contribution in [1.82, 2.24) is 4.98 Å². The fourth-order valence-corrected chi connectivity index (χ4v) is 1.51. The summed E-state index contributed by atoms with van der Waals surface area (Å²) in [5.74, 6) is -1.41. The molecular formula is C13H10FNO2. The lowest BCUT2D eigenvalue weighted by atomic mass is 10.1. The fourth-order valence-electron chi connectivity index (χ4n) is 1.51. The van der Waals surface area contributed by atoms with Gasteiger partial charge < -0.3 is 5.11 Å². The van der Waals surface area contributed by atoms with Crippen LogP contribution in [0.2, 0.25) is 0 Å². The van der Waals surface area contributed by atoms with E-state index in [0.717, 1.165) is 5.56 Å². The summed E-state index contributed by atoms with van der Waals surface area (Å²) < 4.78 is 13.6. The average molecular weight is 231 g/mol. The largest absolute Gasteiger partial charge is 0.478 e. The number of carboxylic acids is 1. The zero-order valence-electron chi connectivity index (χ0n) is 9.14. The van der Waals surface area contributed by atoms with E-state index < -0.39 is 5.97 Å². The minimum atomic E-state index is -1.05. The maximum absolute atomic E-state index is 13.6. The Bertz CT molecular complexity index is 564. The fraction of sp³-hybridized carbons (Fsp3) is 0.0769. The summed E-state index contributed by atoms with van der Waals surface area (Å²) in [5, 5.41) is 8.72. The number of nitrogens with zero attached hydrogens (tertiary/aromatic N) is 1. The average Bonchev–Trinajstić information content (AvgIpc) is 2.29. The van der Waals surface area contributed by atoms with Crippen LogP contribution in [0.25, 0.3) is 11.3 Å². The second-order valence-electron chi connectivity index (χ2n) is 3.72. The van der Waals surface area contributed by atoms with Crippen LogP contribution in [0.3, 0.4) is 0 Å². The van der Waals surface area contributed by atoms with Crippen LogP contribution in [0.5, 0.6) is 0 Å². The molecule has 86 valence electrons. The van der Waals surface area contributed by atoms with Crippen molar-refractivity contribution < 1.29 is 14.3 Å². The van der Waals surface area contributed by atoms with Gasteiger partial charge >= 0.3 is 5.97 Å². The second kappa shape index (κ2) is 4.33. The third-order valence-corrected chi connectivity index (χ3v) is 2.41. The Morgan fingerprint density at radius 3 is 2.59 bits per heavy atom. The van der Waals surface area contributed by atoms with Crippen molar-refractivity contribution >= 4 is 5.97 Å². The molecule has 2 aromatic rings. The highest BCUT2D eigenvalue weighted by atomic mass is 19.1. The second-order valence-corrected chi connectivity index (χ2v) is 3.72. The molecule has 4 heteroatoms. The molecule has 0 saturated heterocycles. The number of benzene rings is 1. The predicted molar refractivity (Wildman–Crippen MR) is 61.3 cm³/mol. The highest BCUT2D eigenvalue weighted by Gasteiger charge is 2.08. The molecule has 1 heterocycles. The molecule has 1 aromatic carbocycles. The SMILES string of the molecule is Cc1ccc(-c2ccc(C(=O)O)cn2)c(F)c1. The van der Waals surface area contributed by atoms with Crippen LogP contribution in [0.1, 0.15) is 15.9 Å². The lowest BCUT2D eigenvalue weighted by molar-refractivity contribution is 0.0696. The van der Waals surface area contributed by atoms with E-state index >= 15 is 0 Å². The van der Waals surface area contributed by atoms with Crippen molar-refractivity contribution in [1.29, 1.82) is 0 Å². The number of carbonyl (C=O) groups is 1. The standard InChI is InChI=1S/C13H10FNO2/c1-8-2-4-10(11(14)6-8)12-5-3-9(7-15-12)13(16)17/h2-7H,1H3,(H,16,17). The van der Waals surface area contributed by atoms with Crippen molar-refractivity contribution in [3.05, 3.63) is 53.5 Å². The van der Waals surface area contributed by atoms with Gasteiger partial charge in [0.15, 0.2) is 0 Å². The zero-order chi connectivity index (χ0) is 12.4. The molecule has 0 bridgehead atoms. The van der Waals surface area contributed by atoms with Gasteiger partial charge in [-0.1, -0.05) is 6.07 Å². The quantitative estimate of drug-likeness (QED) is 0.864. The minimum absolute atomic E-state index is 0.0845. The maximum atomic E-state index is 13.6. The third-order valence-electron chi connectivity index (χ3n) is 2.41. The van der Waals surface area contributed by atoms with Gasteiger partial charge in [-0.2, -0.15) is 0 Å². The van der Waals surface area contributed by atoms with Crippen molar-refractivity contribution in [3.63, 3.8) is 0 Å². The maximum Gasteiger partial charge on any atom is 0.337 e. The topological polar surface area (TPSA) is 50.2 Å². The smallest absolute Gasteiger partial charge is 0.337 e. The molecular weight excluding hydrogens is 221 g/mol. The van der Waals surface area contributed by atoms with Crippen LogP contribution in [0, 0.1) is 12.7 Å². The van der Waals surface area contributed by atoms with Gasteiger partial charge in [-0.3, -0.25) is 4.98 Å². The number of carboxylic acid groups (broad SMARTS) is 1. The van der Waals surface area contributed by atoms with Gasteiger partial charge in [0.05, 0.1) is 11.3 Å². The Morgan fingerprint density at radius 1 is 1.29 bits per heavy atom. The van der Waals surface area contributed by atoms with Gasteiger partial charge in [0.2, 0.25) is 0 Å². The molecule has 1 N–H and O–H groups in total. The first kappa shape index (κ1) is 11.3. The normalized spacial score (nSPS) is 10.2. The summed E-state index contributed by atoms with van der Waals surface area (Å²) in [6.07, 6.45) is 1.22. The van der Waals surface area contributed by atoms with Gasteiger partial charge in [0, 0.05) is 11.8 Å². The van der Waals surface area contributed by atoms with Crippen molar-refractivity contribution in [2.45, 2.75) is 6.92 Å². The summed E-state index contributed by atoms with van der Waals surface area (Å²) in [6.45, 7) is 1.80. The summed E-state index contributed by atoms with van der Waals surface area (Å²) in [4.78, 5) is 14.6. The molecule has 0 aliphatic heterocycles. The number of hydrogen-bond donors (Lipinski definition) is 1. The summed E-state index contributed by atoms with van der Waals surface area (Å²) in [7, 11) is 0. The number of halogens is 1. The van der Waals surface area contributed by atoms with E-state index in [1.165, 1.54) is 24.4 Å². The first-order valence-electron chi connectivity index (χ1n) is 5.04. The molecule has 0 atom stereocenters.